The molecule has 2 heterocycles. The summed E-state index contributed by atoms with van der Waals surface area (Å²) in [6.07, 6.45) is 1.68. The first-order chi connectivity index (χ1) is 13.0. The van der Waals surface area contributed by atoms with Gasteiger partial charge in [0.25, 0.3) is 5.91 Å². The maximum absolute atomic E-state index is 15.1. The lowest BCUT2D eigenvalue weighted by Crippen LogP contribution is -2.35. The van der Waals surface area contributed by atoms with E-state index in [9.17, 15) is 9.59 Å². The van der Waals surface area contributed by atoms with E-state index in [0.717, 1.165) is 36.1 Å². The summed E-state index contributed by atoms with van der Waals surface area (Å²) in [5.74, 6) is -0.801. The smallest absolute Gasteiger partial charge is 0.415 e. The topological polar surface area (TPSA) is 87.3 Å². The summed E-state index contributed by atoms with van der Waals surface area (Å²) in [5, 5.41) is 9.83. The number of amides is 2. The molecule has 1 aromatic carbocycles. The fourth-order valence-corrected chi connectivity index (χ4v) is 3.86. The van der Waals surface area contributed by atoms with Crippen molar-refractivity contribution in [3.63, 3.8) is 0 Å². The number of aromatic amines is 1. The molecule has 0 saturated carbocycles. The fraction of sp³-hybridized carbons (Fsp3) is 0.421. The first-order valence-electron chi connectivity index (χ1n) is 9.12. The summed E-state index contributed by atoms with van der Waals surface area (Å²) in [5.41, 5.74) is 4.49. The van der Waals surface area contributed by atoms with Gasteiger partial charge in [-0.15, -0.1) is 0 Å². The van der Waals surface area contributed by atoms with E-state index in [1.54, 1.807) is 6.07 Å². The summed E-state index contributed by atoms with van der Waals surface area (Å²) < 4.78 is 20.2. The number of likely N-dealkylation sites (N-methyl/N-ethyl adjacent to an activating group) is 1. The minimum Gasteiger partial charge on any atom is -0.434 e. The molecule has 2 N–H and O–H groups in total. The summed E-state index contributed by atoms with van der Waals surface area (Å²) >= 11 is 0. The Labute approximate surface area is 155 Å². The van der Waals surface area contributed by atoms with Gasteiger partial charge < -0.3 is 10.1 Å². The number of nitrogens with one attached hydrogen (secondary N) is 2. The van der Waals surface area contributed by atoms with Crippen molar-refractivity contribution in [2.45, 2.75) is 38.7 Å². The highest BCUT2D eigenvalue weighted by atomic mass is 19.1. The van der Waals surface area contributed by atoms with Crippen molar-refractivity contribution in [3.05, 3.63) is 34.8 Å². The molecule has 0 spiro atoms. The lowest BCUT2D eigenvalue weighted by molar-refractivity contribution is -0.127. The Bertz CT molecular complexity index is 924. The zero-order valence-corrected chi connectivity index (χ0v) is 15.3. The predicted molar refractivity (Wildman–Crippen MR) is 97.1 cm³/mol. The Hall–Kier alpha value is -2.90. The van der Waals surface area contributed by atoms with E-state index in [1.165, 1.54) is 18.0 Å². The molecular formula is C19H21FN4O3. The molecule has 8 heteroatoms. The number of aryl methyl sites for hydroxylation is 2. The lowest BCUT2D eigenvalue weighted by Gasteiger charge is -2.16. The number of carbonyl (C=O) groups excluding carboxylic acids is 2. The van der Waals surface area contributed by atoms with Gasteiger partial charge >= 0.3 is 6.09 Å². The monoisotopic (exact) mass is 372 g/mol. The Morgan fingerprint density at radius 1 is 1.44 bits per heavy atom. The number of fused-ring (bicyclic) bond motifs is 3. The van der Waals surface area contributed by atoms with Gasteiger partial charge in [-0.05, 0) is 43.4 Å². The fourth-order valence-electron chi connectivity index (χ4n) is 3.86. The van der Waals surface area contributed by atoms with Crippen molar-refractivity contribution in [1.29, 1.82) is 0 Å². The SMILES string of the molecule is CCc1[nH]nc2c1CCCc1cc(N3C[C@H](C(=O)NC)OC3=O)cc(F)c1-2. The van der Waals surface area contributed by atoms with E-state index in [1.807, 2.05) is 6.92 Å². The van der Waals surface area contributed by atoms with Crippen LogP contribution in [0.3, 0.4) is 0 Å². The second-order valence-corrected chi connectivity index (χ2v) is 6.80. The minimum absolute atomic E-state index is 0.0599. The molecule has 2 aromatic rings. The van der Waals surface area contributed by atoms with E-state index in [4.69, 9.17) is 4.74 Å². The second kappa shape index (κ2) is 6.68. The molecule has 0 radical (unpaired) electrons. The lowest BCUT2D eigenvalue weighted by atomic mass is 9.99. The van der Waals surface area contributed by atoms with Crippen LogP contribution in [0, 0.1) is 5.82 Å². The molecule has 4 rings (SSSR count). The normalized spacial score (nSPS) is 18.6. The van der Waals surface area contributed by atoms with Crippen LogP contribution in [-0.2, 0) is 28.8 Å². The number of hydrogen-bond acceptors (Lipinski definition) is 4. The molecule has 1 aliphatic carbocycles. The molecular weight excluding hydrogens is 351 g/mol. The van der Waals surface area contributed by atoms with Gasteiger partial charge in [0.1, 0.15) is 5.82 Å². The molecule has 1 atom stereocenters. The molecule has 1 aromatic heterocycles. The number of H-pyrrole nitrogens is 1. The van der Waals surface area contributed by atoms with Crippen LogP contribution in [0.5, 0.6) is 0 Å². The van der Waals surface area contributed by atoms with E-state index < -0.39 is 18.0 Å². The standard InChI is InChI=1S/C19H21FN4O3/c1-3-14-12-6-4-5-10-7-11(8-13(20)16(10)17(12)23-22-14)24-9-15(18(25)21-2)27-19(24)26/h7-8,15H,3-6,9H2,1-2H3,(H,21,25)(H,22,23)/t15-/m1/s1. The average molecular weight is 372 g/mol. The number of benzene rings is 1. The van der Waals surface area contributed by atoms with Gasteiger partial charge in [-0.25, -0.2) is 9.18 Å². The van der Waals surface area contributed by atoms with Crippen LogP contribution in [0.25, 0.3) is 11.3 Å². The maximum Gasteiger partial charge on any atom is 0.415 e. The molecule has 0 bridgehead atoms. The van der Waals surface area contributed by atoms with E-state index in [-0.39, 0.29) is 12.5 Å². The third-order valence-electron chi connectivity index (χ3n) is 5.24. The van der Waals surface area contributed by atoms with Crippen LogP contribution in [0.4, 0.5) is 14.9 Å². The van der Waals surface area contributed by atoms with Crippen molar-refractivity contribution in [2.75, 3.05) is 18.5 Å². The number of hydrogen-bond donors (Lipinski definition) is 2. The van der Waals surface area contributed by atoms with E-state index in [0.29, 0.717) is 23.4 Å². The van der Waals surface area contributed by atoms with Crippen LogP contribution in [-0.4, -0.2) is 41.9 Å². The van der Waals surface area contributed by atoms with Gasteiger partial charge in [0.05, 0.1) is 17.9 Å². The van der Waals surface area contributed by atoms with Gasteiger partial charge in [-0.3, -0.25) is 14.8 Å². The van der Waals surface area contributed by atoms with Crippen LogP contribution in [0.15, 0.2) is 12.1 Å². The average Bonchev–Trinajstić information content (AvgIpc) is 3.19. The van der Waals surface area contributed by atoms with Gasteiger partial charge in [-0.2, -0.15) is 5.10 Å². The minimum atomic E-state index is -0.894. The summed E-state index contributed by atoms with van der Waals surface area (Å²) in [6.45, 7) is 2.10. The number of cyclic esters (lactones) is 1. The van der Waals surface area contributed by atoms with Crippen LogP contribution in [0.1, 0.15) is 30.2 Å². The molecule has 2 aliphatic rings. The third kappa shape index (κ3) is 2.85. The molecule has 7 nitrogen and oxygen atoms in total. The second-order valence-electron chi connectivity index (χ2n) is 6.80. The van der Waals surface area contributed by atoms with Crippen molar-refractivity contribution < 1.29 is 18.7 Å². The van der Waals surface area contributed by atoms with Gasteiger partial charge in [0.15, 0.2) is 6.10 Å². The Kier molecular flexibility index (Phi) is 4.33. The van der Waals surface area contributed by atoms with Gasteiger partial charge in [0.2, 0.25) is 0 Å². The number of nitrogens with zero attached hydrogens (tertiary/aromatic N) is 2. The highest BCUT2D eigenvalue weighted by Crippen LogP contribution is 2.37. The Balaban J connectivity index is 1.73. The maximum atomic E-state index is 15.1. The summed E-state index contributed by atoms with van der Waals surface area (Å²) in [4.78, 5) is 25.2. The zero-order chi connectivity index (χ0) is 19.1. The Morgan fingerprint density at radius 3 is 3.00 bits per heavy atom. The van der Waals surface area contributed by atoms with E-state index >= 15 is 4.39 Å². The number of aromatic nitrogens is 2. The van der Waals surface area contributed by atoms with Gasteiger partial charge in [0, 0.05) is 23.9 Å². The van der Waals surface area contributed by atoms with Gasteiger partial charge in [-0.1, -0.05) is 6.92 Å². The molecule has 27 heavy (non-hydrogen) atoms. The molecule has 142 valence electrons. The largest absolute Gasteiger partial charge is 0.434 e. The number of rotatable bonds is 3. The molecule has 1 saturated heterocycles. The Morgan fingerprint density at radius 2 is 2.26 bits per heavy atom. The number of carbonyl (C=O) groups is 2. The predicted octanol–water partition coefficient (Wildman–Crippen LogP) is 2.34. The van der Waals surface area contributed by atoms with Crippen LogP contribution < -0.4 is 10.2 Å². The van der Waals surface area contributed by atoms with Crippen molar-refractivity contribution in [2.24, 2.45) is 0 Å². The molecule has 2 amide bonds. The number of ether oxygens (including phenoxy) is 1. The van der Waals surface area contributed by atoms with E-state index in [2.05, 4.69) is 15.5 Å². The first kappa shape index (κ1) is 17.5. The van der Waals surface area contributed by atoms with Crippen molar-refractivity contribution >= 4 is 17.7 Å². The number of halogens is 1. The number of anilines is 1. The van der Waals surface area contributed by atoms with Crippen LogP contribution >= 0.6 is 0 Å². The van der Waals surface area contributed by atoms with Crippen molar-refractivity contribution in [1.82, 2.24) is 15.5 Å². The highest BCUT2D eigenvalue weighted by molar-refractivity contribution is 5.96. The first-order valence-corrected chi connectivity index (χ1v) is 9.12. The quantitative estimate of drug-likeness (QED) is 0.866. The third-order valence-corrected chi connectivity index (χ3v) is 5.24. The molecule has 0 unspecified atom stereocenters. The highest BCUT2D eigenvalue weighted by Gasteiger charge is 2.37. The summed E-state index contributed by atoms with van der Waals surface area (Å²) in [6, 6.07) is 3.13. The summed E-state index contributed by atoms with van der Waals surface area (Å²) in [7, 11) is 1.48. The van der Waals surface area contributed by atoms with Crippen molar-refractivity contribution in [3.8, 4) is 11.3 Å². The zero-order valence-electron chi connectivity index (χ0n) is 15.3. The molecule has 1 aliphatic heterocycles. The molecule has 1 fully saturated rings. The van der Waals surface area contributed by atoms with Crippen LogP contribution in [0.2, 0.25) is 0 Å².